The highest BCUT2D eigenvalue weighted by Gasteiger charge is 2.32. The average Bonchev–Trinajstić information content (AvgIpc) is 2.31. The summed E-state index contributed by atoms with van der Waals surface area (Å²) < 4.78 is 42.0. The predicted octanol–water partition coefficient (Wildman–Crippen LogP) is 3.90. The Hall–Kier alpha value is -0.290. The van der Waals surface area contributed by atoms with Crippen LogP contribution < -0.4 is 5.32 Å². The molecule has 0 heterocycles. The Morgan fingerprint density at radius 2 is 1.95 bits per heavy atom. The van der Waals surface area contributed by atoms with Gasteiger partial charge in [0.1, 0.15) is 0 Å². The lowest BCUT2D eigenvalue weighted by atomic mass is 9.81. The number of likely N-dealkylation sites (N-methyl/N-ethyl adjacent to an activating group) is 1. The van der Waals surface area contributed by atoms with E-state index in [4.69, 9.17) is 4.74 Å². The summed E-state index contributed by atoms with van der Waals surface area (Å²) in [5.41, 5.74) is 0. The maximum atomic E-state index is 12.2. The molecular weight excluding hydrogens is 255 g/mol. The van der Waals surface area contributed by atoms with Gasteiger partial charge in [-0.15, -0.1) is 0 Å². The van der Waals surface area contributed by atoms with Crippen LogP contribution >= 0.6 is 0 Å². The molecule has 0 aromatic carbocycles. The van der Waals surface area contributed by atoms with Crippen molar-refractivity contribution in [2.24, 2.45) is 5.92 Å². The minimum absolute atomic E-state index is 0.0624. The molecule has 1 rings (SSSR count). The highest BCUT2D eigenvalue weighted by atomic mass is 19.4. The first-order valence-electron chi connectivity index (χ1n) is 7.38. The van der Waals surface area contributed by atoms with Crippen LogP contribution in [0, 0.1) is 5.92 Å². The molecule has 0 bridgehead atoms. The fourth-order valence-corrected chi connectivity index (χ4v) is 2.89. The molecule has 0 aromatic rings. The van der Waals surface area contributed by atoms with Crippen molar-refractivity contribution < 1.29 is 17.9 Å². The van der Waals surface area contributed by atoms with E-state index in [-0.39, 0.29) is 18.8 Å². The van der Waals surface area contributed by atoms with Gasteiger partial charge in [0.2, 0.25) is 0 Å². The molecule has 1 saturated carbocycles. The van der Waals surface area contributed by atoms with Crippen LogP contribution in [0.15, 0.2) is 0 Å². The Balaban J connectivity index is 2.42. The summed E-state index contributed by atoms with van der Waals surface area (Å²) in [6.45, 7) is 4.79. The van der Waals surface area contributed by atoms with E-state index >= 15 is 0 Å². The van der Waals surface area contributed by atoms with Crippen LogP contribution in [0.1, 0.15) is 52.4 Å². The van der Waals surface area contributed by atoms with Crippen LogP contribution in [0.2, 0.25) is 0 Å². The zero-order valence-electron chi connectivity index (χ0n) is 11.9. The molecule has 0 aliphatic heterocycles. The van der Waals surface area contributed by atoms with E-state index in [2.05, 4.69) is 12.2 Å². The third-order valence-electron chi connectivity index (χ3n) is 3.78. The lowest BCUT2D eigenvalue weighted by Gasteiger charge is -2.36. The normalized spacial score (nSPS) is 28.6. The summed E-state index contributed by atoms with van der Waals surface area (Å²) in [5.74, 6) is 0.607. The van der Waals surface area contributed by atoms with Crippen LogP contribution in [0.5, 0.6) is 0 Å². The lowest BCUT2D eigenvalue weighted by molar-refractivity contribution is -0.152. The fourth-order valence-electron chi connectivity index (χ4n) is 2.89. The molecule has 0 radical (unpaired) electrons. The Bertz CT molecular complexity index is 245. The molecule has 1 aliphatic carbocycles. The number of rotatable bonds is 7. The van der Waals surface area contributed by atoms with Crippen molar-refractivity contribution in [2.45, 2.75) is 70.7 Å². The second kappa shape index (κ2) is 8.10. The molecule has 5 heteroatoms. The van der Waals surface area contributed by atoms with E-state index in [1.165, 1.54) is 0 Å². The zero-order valence-corrected chi connectivity index (χ0v) is 11.9. The number of alkyl halides is 3. The number of halogens is 3. The Morgan fingerprint density at radius 3 is 2.53 bits per heavy atom. The number of hydrogen-bond donors (Lipinski definition) is 1. The highest BCUT2D eigenvalue weighted by Crippen LogP contribution is 2.30. The summed E-state index contributed by atoms with van der Waals surface area (Å²) in [4.78, 5) is 0. The van der Waals surface area contributed by atoms with Gasteiger partial charge in [0.15, 0.2) is 0 Å². The van der Waals surface area contributed by atoms with Crippen molar-refractivity contribution in [3.05, 3.63) is 0 Å². The van der Waals surface area contributed by atoms with E-state index in [1.54, 1.807) is 0 Å². The molecule has 0 aromatic heterocycles. The highest BCUT2D eigenvalue weighted by molar-refractivity contribution is 4.85. The van der Waals surface area contributed by atoms with Crippen LogP contribution in [0.3, 0.4) is 0 Å². The van der Waals surface area contributed by atoms with Crippen LogP contribution in [-0.2, 0) is 4.74 Å². The summed E-state index contributed by atoms with van der Waals surface area (Å²) >= 11 is 0. The predicted molar refractivity (Wildman–Crippen MR) is 70.1 cm³/mol. The molecule has 0 spiro atoms. The molecule has 1 aliphatic rings. The molecule has 3 unspecified atom stereocenters. The second-order valence-electron chi connectivity index (χ2n) is 5.41. The summed E-state index contributed by atoms with van der Waals surface area (Å²) in [5, 5.41) is 3.34. The maximum absolute atomic E-state index is 12.2. The van der Waals surface area contributed by atoms with Gasteiger partial charge in [0.05, 0.1) is 19.1 Å². The van der Waals surface area contributed by atoms with E-state index in [0.29, 0.717) is 5.92 Å². The molecule has 19 heavy (non-hydrogen) atoms. The molecule has 1 N–H and O–H groups in total. The monoisotopic (exact) mass is 281 g/mol. The first-order valence-corrected chi connectivity index (χ1v) is 7.38. The van der Waals surface area contributed by atoms with Gasteiger partial charge < -0.3 is 10.1 Å². The van der Waals surface area contributed by atoms with Crippen molar-refractivity contribution >= 4 is 0 Å². The van der Waals surface area contributed by atoms with Gasteiger partial charge in [0.25, 0.3) is 0 Å². The molecule has 114 valence electrons. The van der Waals surface area contributed by atoms with Crippen molar-refractivity contribution in [2.75, 3.05) is 13.2 Å². The van der Waals surface area contributed by atoms with Gasteiger partial charge in [-0.1, -0.05) is 26.7 Å². The lowest BCUT2D eigenvalue weighted by Crippen LogP contribution is -2.45. The number of hydrogen-bond acceptors (Lipinski definition) is 2. The molecule has 0 saturated heterocycles. The molecule has 1 fully saturated rings. The molecule has 2 nitrogen and oxygen atoms in total. The molecule has 3 atom stereocenters. The van der Waals surface area contributed by atoms with E-state index in [0.717, 1.165) is 38.6 Å². The quantitative estimate of drug-likeness (QED) is 0.764. The topological polar surface area (TPSA) is 21.3 Å². The van der Waals surface area contributed by atoms with Crippen LogP contribution in [0.4, 0.5) is 13.2 Å². The van der Waals surface area contributed by atoms with Gasteiger partial charge >= 0.3 is 6.18 Å². The Morgan fingerprint density at radius 1 is 1.21 bits per heavy atom. The van der Waals surface area contributed by atoms with E-state index in [9.17, 15) is 13.2 Å². The van der Waals surface area contributed by atoms with E-state index < -0.39 is 12.6 Å². The smallest absolute Gasteiger partial charge is 0.376 e. The number of nitrogens with one attached hydrogen (secondary N) is 1. The summed E-state index contributed by atoms with van der Waals surface area (Å²) in [7, 11) is 0. The minimum atomic E-state index is -4.12. The summed E-state index contributed by atoms with van der Waals surface area (Å²) in [6, 6.07) is 0.214. The van der Waals surface area contributed by atoms with Crippen molar-refractivity contribution in [3.63, 3.8) is 0 Å². The van der Waals surface area contributed by atoms with Crippen LogP contribution in [-0.4, -0.2) is 31.5 Å². The first-order chi connectivity index (χ1) is 8.96. The van der Waals surface area contributed by atoms with Gasteiger partial charge in [-0.25, -0.2) is 0 Å². The van der Waals surface area contributed by atoms with Crippen LogP contribution in [0.25, 0.3) is 0 Å². The Kier molecular flexibility index (Phi) is 7.15. The third-order valence-corrected chi connectivity index (χ3v) is 3.78. The summed E-state index contributed by atoms with van der Waals surface area (Å²) in [6.07, 6.45) is 0.312. The Labute approximate surface area is 114 Å². The maximum Gasteiger partial charge on any atom is 0.391 e. The minimum Gasteiger partial charge on any atom is -0.376 e. The van der Waals surface area contributed by atoms with Crippen molar-refractivity contribution in [1.82, 2.24) is 5.32 Å². The average molecular weight is 281 g/mol. The van der Waals surface area contributed by atoms with Gasteiger partial charge in [-0.3, -0.25) is 0 Å². The van der Waals surface area contributed by atoms with Crippen molar-refractivity contribution in [3.8, 4) is 0 Å². The zero-order chi connectivity index (χ0) is 14.3. The third kappa shape index (κ3) is 6.61. The fraction of sp³-hybridized carbons (Fsp3) is 1.00. The van der Waals surface area contributed by atoms with Gasteiger partial charge in [-0.2, -0.15) is 13.2 Å². The van der Waals surface area contributed by atoms with Gasteiger partial charge in [-0.05, 0) is 31.7 Å². The first kappa shape index (κ1) is 16.8. The standard InChI is InChI=1S/C14H26F3NO/c1-3-5-11-6-7-12(18-4-2)13(10-11)19-9-8-14(15,16)17/h11-13,18H,3-10H2,1-2H3. The van der Waals surface area contributed by atoms with E-state index in [1.807, 2.05) is 6.92 Å². The SMILES string of the molecule is CCCC1CCC(NCC)C(OCCC(F)(F)F)C1. The molecule has 0 amide bonds. The second-order valence-corrected chi connectivity index (χ2v) is 5.41. The number of ether oxygens (including phenoxy) is 1. The molecular formula is C14H26F3NO. The largest absolute Gasteiger partial charge is 0.391 e. The van der Waals surface area contributed by atoms with Gasteiger partial charge in [0, 0.05) is 6.04 Å². The van der Waals surface area contributed by atoms with Crippen molar-refractivity contribution in [1.29, 1.82) is 0 Å².